The van der Waals surface area contributed by atoms with Gasteiger partial charge >= 0.3 is 0 Å². The second-order valence-electron chi connectivity index (χ2n) is 9.76. The first-order valence-corrected chi connectivity index (χ1v) is 11.9. The van der Waals surface area contributed by atoms with Crippen molar-refractivity contribution in [1.29, 1.82) is 0 Å². The number of carbonyl (C=O) groups excluding carboxylic acids is 2. The number of benzene rings is 3. The zero-order chi connectivity index (χ0) is 24.7. The fourth-order valence-corrected chi connectivity index (χ4v) is 4.02. The molecular weight excluding hydrogens is 444 g/mol. The molecule has 3 aromatic carbocycles. The summed E-state index contributed by atoms with van der Waals surface area (Å²) in [7, 11) is 0. The lowest BCUT2D eigenvalue weighted by atomic mass is 9.99. The van der Waals surface area contributed by atoms with Gasteiger partial charge in [0, 0.05) is 23.5 Å². The fourth-order valence-electron chi connectivity index (χ4n) is 3.89. The molecule has 0 fully saturated rings. The van der Waals surface area contributed by atoms with Crippen molar-refractivity contribution in [2.24, 2.45) is 0 Å². The summed E-state index contributed by atoms with van der Waals surface area (Å²) in [6.07, 6.45) is 0.652. The monoisotopic (exact) mass is 476 g/mol. The number of halogens is 1. The molecule has 0 saturated carbocycles. The zero-order valence-corrected chi connectivity index (χ0v) is 21.1. The Morgan fingerprint density at radius 2 is 1.53 bits per heavy atom. The molecule has 0 aromatic heterocycles. The fraction of sp³-hybridized carbons (Fsp3) is 0.310. The van der Waals surface area contributed by atoms with Gasteiger partial charge in [0.05, 0.1) is 6.42 Å². The van der Waals surface area contributed by atoms with E-state index in [-0.39, 0.29) is 18.2 Å². The Balaban J connectivity index is 1.98. The van der Waals surface area contributed by atoms with Gasteiger partial charge in [-0.25, -0.2) is 0 Å². The van der Waals surface area contributed by atoms with E-state index in [0.717, 1.165) is 22.3 Å². The van der Waals surface area contributed by atoms with Crippen molar-refractivity contribution >= 4 is 23.4 Å². The van der Waals surface area contributed by atoms with Gasteiger partial charge in [-0.2, -0.15) is 0 Å². The van der Waals surface area contributed by atoms with Crippen LogP contribution in [0.1, 0.15) is 43.0 Å². The predicted molar refractivity (Wildman–Crippen MR) is 139 cm³/mol. The quantitative estimate of drug-likeness (QED) is 0.450. The molecule has 3 rings (SSSR count). The van der Waals surface area contributed by atoms with Crippen LogP contribution in [0.3, 0.4) is 0 Å². The second kappa shape index (κ2) is 11.3. The van der Waals surface area contributed by atoms with Crippen LogP contribution in [0.15, 0.2) is 78.9 Å². The molecule has 3 aromatic rings. The third kappa shape index (κ3) is 7.74. The van der Waals surface area contributed by atoms with Crippen LogP contribution in [0.5, 0.6) is 0 Å². The molecule has 0 bridgehead atoms. The van der Waals surface area contributed by atoms with Gasteiger partial charge < -0.3 is 10.2 Å². The third-order valence-electron chi connectivity index (χ3n) is 5.47. The van der Waals surface area contributed by atoms with Crippen LogP contribution in [0, 0.1) is 6.92 Å². The van der Waals surface area contributed by atoms with E-state index in [4.69, 9.17) is 11.6 Å². The SMILES string of the molecule is Cc1cccc(CC(=O)N(Cc2ccc(Cl)cc2)[C@H](Cc2ccccc2)C(=O)NC(C)(C)C)c1. The van der Waals surface area contributed by atoms with Crippen LogP contribution in [0.25, 0.3) is 0 Å². The van der Waals surface area contributed by atoms with Crippen LogP contribution in [0.4, 0.5) is 0 Å². The van der Waals surface area contributed by atoms with E-state index in [1.165, 1.54) is 0 Å². The molecule has 0 saturated heterocycles. The minimum Gasteiger partial charge on any atom is -0.350 e. The molecule has 0 aliphatic carbocycles. The molecule has 1 atom stereocenters. The molecular formula is C29H33ClN2O2. The molecule has 1 N–H and O–H groups in total. The molecule has 0 unspecified atom stereocenters. The number of hydrogen-bond acceptors (Lipinski definition) is 2. The Bertz CT molecular complexity index is 1100. The highest BCUT2D eigenvalue weighted by molar-refractivity contribution is 6.30. The van der Waals surface area contributed by atoms with Crippen molar-refractivity contribution in [3.8, 4) is 0 Å². The molecule has 5 heteroatoms. The summed E-state index contributed by atoms with van der Waals surface area (Å²) in [4.78, 5) is 29.0. The average molecular weight is 477 g/mol. The minimum absolute atomic E-state index is 0.0921. The highest BCUT2D eigenvalue weighted by Crippen LogP contribution is 2.19. The molecule has 0 spiro atoms. The number of rotatable bonds is 8. The molecule has 34 heavy (non-hydrogen) atoms. The second-order valence-corrected chi connectivity index (χ2v) is 10.2. The number of nitrogens with zero attached hydrogens (tertiary/aromatic N) is 1. The average Bonchev–Trinajstić information content (AvgIpc) is 2.77. The van der Waals surface area contributed by atoms with E-state index in [2.05, 4.69) is 5.32 Å². The van der Waals surface area contributed by atoms with E-state index >= 15 is 0 Å². The standard InChI is InChI=1S/C29H33ClN2O2/c1-21-9-8-12-24(17-21)19-27(33)32(20-23-13-15-25(30)16-14-23)26(28(34)31-29(2,3)4)18-22-10-6-5-7-11-22/h5-17,26H,18-20H2,1-4H3,(H,31,34)/t26-/m1/s1. The smallest absolute Gasteiger partial charge is 0.243 e. The summed E-state index contributed by atoms with van der Waals surface area (Å²) in [5.74, 6) is -0.256. The normalized spacial score (nSPS) is 12.1. The summed E-state index contributed by atoms with van der Waals surface area (Å²) in [6.45, 7) is 8.17. The minimum atomic E-state index is -0.658. The summed E-state index contributed by atoms with van der Waals surface area (Å²) in [6, 6.07) is 24.5. The molecule has 0 aliphatic rings. The Hall–Kier alpha value is -3.11. The molecule has 2 amide bonds. The van der Waals surface area contributed by atoms with Crippen LogP contribution >= 0.6 is 11.6 Å². The van der Waals surface area contributed by atoms with Crippen molar-refractivity contribution in [2.75, 3.05) is 0 Å². The van der Waals surface area contributed by atoms with Crippen molar-refractivity contribution in [3.63, 3.8) is 0 Å². The number of nitrogens with one attached hydrogen (secondary N) is 1. The van der Waals surface area contributed by atoms with Gasteiger partial charge in [0.15, 0.2) is 0 Å². The first-order valence-electron chi connectivity index (χ1n) is 11.6. The van der Waals surface area contributed by atoms with Crippen LogP contribution < -0.4 is 5.32 Å². The van der Waals surface area contributed by atoms with Gasteiger partial charge in [-0.15, -0.1) is 0 Å². The van der Waals surface area contributed by atoms with Gasteiger partial charge in [-0.1, -0.05) is 83.9 Å². The van der Waals surface area contributed by atoms with Gasteiger partial charge in [0.25, 0.3) is 0 Å². The lowest BCUT2D eigenvalue weighted by Crippen LogP contribution is -2.54. The van der Waals surface area contributed by atoms with E-state index in [1.54, 1.807) is 4.90 Å². The summed E-state index contributed by atoms with van der Waals surface area (Å²) in [5, 5.41) is 3.72. The van der Waals surface area contributed by atoms with E-state index in [0.29, 0.717) is 18.0 Å². The van der Waals surface area contributed by atoms with Crippen LogP contribution in [-0.4, -0.2) is 28.3 Å². The van der Waals surface area contributed by atoms with Gasteiger partial charge in [0.2, 0.25) is 11.8 Å². The summed E-state index contributed by atoms with van der Waals surface area (Å²) < 4.78 is 0. The van der Waals surface area contributed by atoms with Gasteiger partial charge in [-0.3, -0.25) is 9.59 Å². The molecule has 4 nitrogen and oxygen atoms in total. The lowest BCUT2D eigenvalue weighted by molar-refractivity contribution is -0.141. The Morgan fingerprint density at radius 3 is 2.15 bits per heavy atom. The number of aryl methyl sites for hydroxylation is 1. The Kier molecular flexibility index (Phi) is 8.51. The largest absolute Gasteiger partial charge is 0.350 e. The van der Waals surface area contributed by atoms with Crippen LogP contribution in [-0.2, 0) is 29.0 Å². The highest BCUT2D eigenvalue weighted by atomic mass is 35.5. The van der Waals surface area contributed by atoms with Crippen molar-refractivity contribution in [2.45, 2.75) is 58.7 Å². The topological polar surface area (TPSA) is 49.4 Å². The van der Waals surface area contributed by atoms with Crippen LogP contribution in [0.2, 0.25) is 5.02 Å². The van der Waals surface area contributed by atoms with E-state index in [9.17, 15) is 9.59 Å². The first-order chi connectivity index (χ1) is 16.1. The number of amides is 2. The molecule has 0 heterocycles. The third-order valence-corrected chi connectivity index (χ3v) is 5.73. The maximum absolute atomic E-state index is 13.7. The molecule has 178 valence electrons. The van der Waals surface area contributed by atoms with Crippen molar-refractivity contribution < 1.29 is 9.59 Å². The van der Waals surface area contributed by atoms with E-state index in [1.807, 2.05) is 107 Å². The lowest BCUT2D eigenvalue weighted by Gasteiger charge is -2.34. The Labute approximate surface area is 207 Å². The van der Waals surface area contributed by atoms with Gasteiger partial charge in [0.1, 0.15) is 6.04 Å². The van der Waals surface area contributed by atoms with Crippen molar-refractivity contribution in [3.05, 3.63) is 106 Å². The molecule has 0 aliphatic heterocycles. The first kappa shape index (κ1) is 25.5. The predicted octanol–water partition coefficient (Wildman–Crippen LogP) is 5.75. The maximum atomic E-state index is 13.7. The van der Waals surface area contributed by atoms with E-state index < -0.39 is 11.6 Å². The Morgan fingerprint density at radius 1 is 0.882 bits per heavy atom. The summed E-state index contributed by atoms with van der Waals surface area (Å²) in [5.41, 5.74) is 3.53. The number of carbonyl (C=O) groups is 2. The maximum Gasteiger partial charge on any atom is 0.243 e. The summed E-state index contributed by atoms with van der Waals surface area (Å²) >= 11 is 6.08. The molecule has 0 radical (unpaired) electrons. The van der Waals surface area contributed by atoms with Gasteiger partial charge in [-0.05, 0) is 56.5 Å². The van der Waals surface area contributed by atoms with Crippen molar-refractivity contribution in [1.82, 2.24) is 10.2 Å². The highest BCUT2D eigenvalue weighted by Gasteiger charge is 2.32. The number of hydrogen-bond donors (Lipinski definition) is 1. The zero-order valence-electron chi connectivity index (χ0n) is 20.3.